The van der Waals surface area contributed by atoms with Crippen molar-refractivity contribution in [3.8, 4) is 17.3 Å². The van der Waals surface area contributed by atoms with E-state index in [9.17, 15) is 5.26 Å². The van der Waals surface area contributed by atoms with Gasteiger partial charge in [0.15, 0.2) is 0 Å². The zero-order valence-corrected chi connectivity index (χ0v) is 18.8. The van der Waals surface area contributed by atoms with Gasteiger partial charge in [-0.1, -0.05) is 19.1 Å². The van der Waals surface area contributed by atoms with Crippen LogP contribution in [0.1, 0.15) is 63.1 Å². The predicted molar refractivity (Wildman–Crippen MR) is 125 cm³/mol. The number of nitriles is 1. The molecule has 0 amide bonds. The van der Waals surface area contributed by atoms with Crippen molar-refractivity contribution in [2.75, 3.05) is 4.78 Å². The van der Waals surface area contributed by atoms with E-state index in [2.05, 4.69) is 69.6 Å². The van der Waals surface area contributed by atoms with E-state index in [0.29, 0.717) is 6.04 Å². The molecule has 2 fully saturated rings. The maximum absolute atomic E-state index is 10.1. The maximum atomic E-state index is 10.1. The average Bonchev–Trinajstić information content (AvgIpc) is 3.36. The van der Waals surface area contributed by atoms with Gasteiger partial charge in [0.1, 0.15) is 11.7 Å². The first-order chi connectivity index (χ1) is 14.5. The zero-order chi connectivity index (χ0) is 20.9. The first-order valence-electron chi connectivity index (χ1n) is 10.9. The molecule has 0 spiro atoms. The van der Waals surface area contributed by atoms with Gasteiger partial charge in [0.05, 0.1) is 16.9 Å². The number of benzene rings is 1. The number of aromatic nitrogens is 2. The molecule has 6 heteroatoms. The molecular weight excluding hydrogens is 389 g/mol. The molecule has 2 aromatic heterocycles. The summed E-state index contributed by atoms with van der Waals surface area (Å²) >= 11 is 0. The standard InChI is InChI=1S/C24H28N5P/c1-3-16-13-20-21(14-25)22(28(18-5-4-6-18)23(20)26-15-16)17-7-9-19(10-8-17)29(30)27-24(2)11-12-24/h7-10,13,15,18,27H,3-6,11-12,30H2,1-2H3. The topological polar surface area (TPSA) is 56.9 Å². The van der Waals surface area contributed by atoms with Crippen molar-refractivity contribution in [3.05, 3.63) is 47.7 Å². The van der Waals surface area contributed by atoms with Crippen LogP contribution in [0.2, 0.25) is 0 Å². The van der Waals surface area contributed by atoms with Crippen LogP contribution in [0.4, 0.5) is 5.69 Å². The lowest BCUT2D eigenvalue weighted by Crippen LogP contribution is -2.38. The number of hydrogen-bond donors (Lipinski definition) is 1. The van der Waals surface area contributed by atoms with E-state index < -0.39 is 0 Å². The number of fused-ring (bicyclic) bond motifs is 1. The Kier molecular flexibility index (Phi) is 4.81. The van der Waals surface area contributed by atoms with Gasteiger partial charge in [0, 0.05) is 23.2 Å². The number of hydrogen-bond acceptors (Lipinski definition) is 4. The molecule has 0 saturated heterocycles. The molecule has 5 nitrogen and oxygen atoms in total. The first-order valence-corrected chi connectivity index (χ1v) is 11.4. The monoisotopic (exact) mass is 417 g/mol. The van der Waals surface area contributed by atoms with Crippen molar-refractivity contribution < 1.29 is 0 Å². The third-order valence-electron chi connectivity index (χ3n) is 6.67. The Morgan fingerprint density at radius 2 is 2.03 bits per heavy atom. The summed E-state index contributed by atoms with van der Waals surface area (Å²) in [6.45, 7) is 4.37. The summed E-state index contributed by atoms with van der Waals surface area (Å²) in [7, 11) is 2.76. The summed E-state index contributed by atoms with van der Waals surface area (Å²) < 4.78 is 4.35. The number of aryl methyl sites for hydroxylation is 1. The normalized spacial score (nSPS) is 17.5. The predicted octanol–water partition coefficient (Wildman–Crippen LogP) is 5.52. The molecule has 2 saturated carbocycles. The van der Waals surface area contributed by atoms with Gasteiger partial charge in [-0.15, -0.1) is 0 Å². The number of anilines is 1. The Bertz CT molecular complexity index is 1130. The van der Waals surface area contributed by atoms with Gasteiger partial charge < -0.3 is 4.57 Å². The molecule has 0 aliphatic heterocycles. The molecule has 30 heavy (non-hydrogen) atoms. The number of rotatable bonds is 6. The summed E-state index contributed by atoms with van der Waals surface area (Å²) in [4.78, 5) is 4.79. The lowest BCUT2D eigenvalue weighted by atomic mass is 9.92. The largest absolute Gasteiger partial charge is 0.321 e. The van der Waals surface area contributed by atoms with Gasteiger partial charge in [-0.3, -0.25) is 4.78 Å². The number of pyridine rings is 1. The van der Waals surface area contributed by atoms with E-state index in [4.69, 9.17) is 4.98 Å². The Labute approximate surface area is 180 Å². The van der Waals surface area contributed by atoms with Crippen LogP contribution in [0.25, 0.3) is 22.3 Å². The molecule has 1 N–H and O–H groups in total. The van der Waals surface area contributed by atoms with E-state index >= 15 is 0 Å². The van der Waals surface area contributed by atoms with Gasteiger partial charge in [-0.2, -0.15) is 5.26 Å². The second kappa shape index (κ2) is 7.38. The molecular formula is C24H28N5P. The molecule has 154 valence electrons. The molecule has 5 rings (SSSR count). The average molecular weight is 417 g/mol. The van der Waals surface area contributed by atoms with Crippen molar-refractivity contribution in [1.82, 2.24) is 15.0 Å². The molecule has 1 aromatic carbocycles. The van der Waals surface area contributed by atoms with Gasteiger partial charge in [0.25, 0.3) is 0 Å². The lowest BCUT2D eigenvalue weighted by molar-refractivity contribution is 0.323. The Morgan fingerprint density at radius 3 is 2.60 bits per heavy atom. The maximum Gasteiger partial charge on any atom is 0.141 e. The summed E-state index contributed by atoms with van der Waals surface area (Å²) in [5, 5.41) is 11.1. The molecule has 1 atom stereocenters. The molecule has 2 heterocycles. The Balaban J connectivity index is 1.60. The molecule has 2 aliphatic rings. The Hall–Kier alpha value is -2.41. The highest BCUT2D eigenvalue weighted by Crippen LogP contribution is 2.42. The van der Waals surface area contributed by atoms with E-state index in [1.807, 2.05) is 11.0 Å². The molecule has 1 unspecified atom stereocenters. The SMILES string of the molecule is CCc1cnc2c(c1)c(C#N)c(-c1ccc(N(P)NC3(C)CC3)cc1)n2C1CCC1. The van der Waals surface area contributed by atoms with Gasteiger partial charge >= 0.3 is 0 Å². The highest BCUT2D eigenvalue weighted by atomic mass is 31.0. The smallest absolute Gasteiger partial charge is 0.141 e. The van der Waals surface area contributed by atoms with Crippen molar-refractivity contribution in [2.45, 2.75) is 64.0 Å². The number of hydrazine groups is 1. The highest BCUT2D eigenvalue weighted by molar-refractivity contribution is 7.18. The summed E-state index contributed by atoms with van der Waals surface area (Å²) in [6.07, 6.45) is 8.83. The van der Waals surface area contributed by atoms with Crippen molar-refractivity contribution in [3.63, 3.8) is 0 Å². The Morgan fingerprint density at radius 1 is 1.30 bits per heavy atom. The fourth-order valence-electron chi connectivity index (χ4n) is 4.26. The third kappa shape index (κ3) is 3.29. The minimum absolute atomic E-state index is 0.216. The van der Waals surface area contributed by atoms with E-state index in [0.717, 1.165) is 52.8 Å². The van der Waals surface area contributed by atoms with E-state index in [1.54, 1.807) is 0 Å². The van der Waals surface area contributed by atoms with Crippen LogP contribution < -0.4 is 10.2 Å². The van der Waals surface area contributed by atoms with Crippen LogP contribution in [0.5, 0.6) is 0 Å². The van der Waals surface area contributed by atoms with Gasteiger partial charge in [-0.05, 0) is 84.2 Å². The summed E-state index contributed by atoms with van der Waals surface area (Å²) in [5.74, 6) is 0. The fourth-order valence-corrected chi connectivity index (χ4v) is 4.74. The first kappa shape index (κ1) is 19.5. The minimum atomic E-state index is 0.216. The summed E-state index contributed by atoms with van der Waals surface area (Å²) in [5.41, 5.74) is 9.81. The van der Waals surface area contributed by atoms with Crippen molar-refractivity contribution >= 4 is 26.1 Å². The van der Waals surface area contributed by atoms with Crippen LogP contribution in [0, 0.1) is 11.3 Å². The van der Waals surface area contributed by atoms with Crippen LogP contribution in [0.15, 0.2) is 36.5 Å². The minimum Gasteiger partial charge on any atom is -0.321 e. The summed E-state index contributed by atoms with van der Waals surface area (Å²) in [6, 6.07) is 13.6. The second-order valence-corrected chi connectivity index (χ2v) is 9.46. The lowest BCUT2D eigenvalue weighted by Gasteiger charge is -2.30. The van der Waals surface area contributed by atoms with Crippen LogP contribution in [-0.4, -0.2) is 15.1 Å². The molecule has 0 bridgehead atoms. The quantitative estimate of drug-likeness (QED) is 0.424. The van der Waals surface area contributed by atoms with Crippen molar-refractivity contribution in [1.29, 1.82) is 5.26 Å². The van der Waals surface area contributed by atoms with Gasteiger partial charge in [0.2, 0.25) is 0 Å². The van der Waals surface area contributed by atoms with E-state index in [-0.39, 0.29) is 5.54 Å². The van der Waals surface area contributed by atoms with Crippen LogP contribution in [0.3, 0.4) is 0 Å². The highest BCUT2D eigenvalue weighted by Gasteiger charge is 2.38. The number of nitrogens with one attached hydrogen (secondary N) is 1. The van der Waals surface area contributed by atoms with E-state index in [1.165, 1.54) is 24.8 Å². The zero-order valence-electron chi connectivity index (χ0n) is 17.7. The second-order valence-electron chi connectivity index (χ2n) is 8.95. The van der Waals surface area contributed by atoms with Crippen molar-refractivity contribution in [2.24, 2.45) is 0 Å². The third-order valence-corrected chi connectivity index (χ3v) is 7.09. The molecule has 3 aromatic rings. The van der Waals surface area contributed by atoms with Gasteiger partial charge in [-0.25, -0.2) is 10.4 Å². The fraction of sp³-hybridized carbons (Fsp3) is 0.417. The van der Waals surface area contributed by atoms with Crippen LogP contribution in [-0.2, 0) is 6.42 Å². The van der Waals surface area contributed by atoms with Crippen LogP contribution >= 0.6 is 9.39 Å². The molecule has 0 radical (unpaired) electrons. The number of nitrogens with zero attached hydrogens (tertiary/aromatic N) is 4. The molecule has 2 aliphatic carbocycles.